The first-order valence-electron chi connectivity index (χ1n) is 7.81. The van der Waals surface area contributed by atoms with Crippen molar-refractivity contribution >= 4 is 23.4 Å². The summed E-state index contributed by atoms with van der Waals surface area (Å²) in [7, 11) is 1.56. The van der Waals surface area contributed by atoms with E-state index in [2.05, 4.69) is 0 Å². The first-order valence-corrected chi connectivity index (χ1v) is 7.81. The molecule has 130 valence electrons. The van der Waals surface area contributed by atoms with Gasteiger partial charge in [0.2, 0.25) is 5.91 Å². The van der Waals surface area contributed by atoms with E-state index >= 15 is 0 Å². The third-order valence-corrected chi connectivity index (χ3v) is 4.32. The van der Waals surface area contributed by atoms with Gasteiger partial charge in [0.25, 0.3) is 0 Å². The molecule has 2 heterocycles. The fourth-order valence-electron chi connectivity index (χ4n) is 2.79. The number of benzene rings is 1. The van der Waals surface area contributed by atoms with Gasteiger partial charge < -0.3 is 19.3 Å². The maximum Gasteiger partial charge on any atom is 0.416 e. The Morgan fingerprint density at radius 2 is 2.04 bits per heavy atom. The van der Waals surface area contributed by atoms with Gasteiger partial charge in [-0.3, -0.25) is 9.69 Å². The highest BCUT2D eigenvalue weighted by Crippen LogP contribution is 2.28. The van der Waals surface area contributed by atoms with Crippen LogP contribution in [-0.2, 0) is 14.3 Å². The van der Waals surface area contributed by atoms with E-state index in [4.69, 9.17) is 9.47 Å². The van der Waals surface area contributed by atoms with Gasteiger partial charge >= 0.3 is 6.09 Å². The summed E-state index contributed by atoms with van der Waals surface area (Å²) in [5.74, 6) is -0.603. The molecule has 1 aromatic carbocycles. The number of anilines is 2. The summed E-state index contributed by atoms with van der Waals surface area (Å²) < 4.78 is 24.9. The number of hydrogen-bond acceptors (Lipinski definition) is 5. The van der Waals surface area contributed by atoms with E-state index in [-0.39, 0.29) is 12.5 Å². The van der Waals surface area contributed by atoms with Gasteiger partial charge in [-0.25, -0.2) is 9.18 Å². The van der Waals surface area contributed by atoms with Crippen LogP contribution in [0.5, 0.6) is 0 Å². The SMILES string of the molecule is CC(=O)N(C)C1CN(c2ccc(N3CCOCC3)c(F)c2)C(=O)O1. The molecule has 0 spiro atoms. The minimum Gasteiger partial charge on any atom is -0.423 e. The Morgan fingerprint density at radius 3 is 2.67 bits per heavy atom. The smallest absolute Gasteiger partial charge is 0.416 e. The molecule has 0 aromatic heterocycles. The van der Waals surface area contributed by atoms with Gasteiger partial charge in [0.15, 0.2) is 6.23 Å². The molecule has 1 unspecified atom stereocenters. The highest BCUT2D eigenvalue weighted by atomic mass is 19.1. The van der Waals surface area contributed by atoms with Gasteiger partial charge in [0.1, 0.15) is 5.82 Å². The van der Waals surface area contributed by atoms with E-state index in [0.29, 0.717) is 37.7 Å². The lowest BCUT2D eigenvalue weighted by Crippen LogP contribution is -2.38. The number of hydrogen-bond donors (Lipinski definition) is 0. The molecule has 0 radical (unpaired) electrons. The van der Waals surface area contributed by atoms with E-state index in [1.165, 1.54) is 22.8 Å². The molecule has 0 bridgehead atoms. The topological polar surface area (TPSA) is 62.3 Å². The number of halogens is 1. The van der Waals surface area contributed by atoms with Crippen LogP contribution in [-0.4, -0.2) is 63.0 Å². The van der Waals surface area contributed by atoms with Crippen molar-refractivity contribution in [2.24, 2.45) is 0 Å². The molecule has 0 N–H and O–H groups in total. The van der Waals surface area contributed by atoms with Crippen molar-refractivity contribution in [3.63, 3.8) is 0 Å². The van der Waals surface area contributed by atoms with Crippen LogP contribution in [0.1, 0.15) is 6.92 Å². The van der Waals surface area contributed by atoms with Gasteiger partial charge in [0.05, 0.1) is 31.1 Å². The number of likely N-dealkylation sites (N-methyl/N-ethyl adjacent to an activating group) is 1. The fourth-order valence-corrected chi connectivity index (χ4v) is 2.79. The molecule has 0 aliphatic carbocycles. The Hall–Kier alpha value is -2.35. The van der Waals surface area contributed by atoms with Crippen LogP contribution in [0.4, 0.5) is 20.6 Å². The van der Waals surface area contributed by atoms with Crippen molar-refractivity contribution in [3.8, 4) is 0 Å². The second-order valence-corrected chi connectivity index (χ2v) is 5.81. The second kappa shape index (κ2) is 6.64. The number of ether oxygens (including phenoxy) is 2. The lowest BCUT2D eigenvalue weighted by Gasteiger charge is -2.29. The quantitative estimate of drug-likeness (QED) is 0.835. The van der Waals surface area contributed by atoms with E-state index < -0.39 is 18.1 Å². The number of carbonyl (C=O) groups is 2. The molecule has 2 fully saturated rings. The normalized spacial score (nSPS) is 21.0. The van der Waals surface area contributed by atoms with Crippen LogP contribution in [0, 0.1) is 5.82 Å². The van der Waals surface area contributed by atoms with Gasteiger partial charge in [0, 0.05) is 27.1 Å². The summed E-state index contributed by atoms with van der Waals surface area (Å²) in [6, 6.07) is 4.67. The van der Waals surface area contributed by atoms with Crippen LogP contribution >= 0.6 is 0 Å². The summed E-state index contributed by atoms with van der Waals surface area (Å²) in [5, 5.41) is 0. The maximum atomic E-state index is 14.5. The number of carbonyl (C=O) groups excluding carboxylic acids is 2. The standard InChI is InChI=1S/C16H20FN3O4/c1-11(21)18(2)15-10-20(16(22)24-15)12-3-4-14(13(17)9-12)19-5-7-23-8-6-19/h3-4,9,15H,5-8,10H2,1-2H3. The molecule has 1 atom stereocenters. The Balaban J connectivity index is 1.76. The van der Waals surface area contributed by atoms with Crippen molar-refractivity contribution in [2.75, 3.05) is 49.7 Å². The first-order chi connectivity index (χ1) is 11.5. The number of morpholine rings is 1. The van der Waals surface area contributed by atoms with E-state index in [9.17, 15) is 14.0 Å². The lowest BCUT2D eigenvalue weighted by molar-refractivity contribution is -0.134. The molecule has 1 aromatic rings. The molecule has 7 nitrogen and oxygen atoms in total. The summed E-state index contributed by atoms with van der Waals surface area (Å²) in [5.41, 5.74) is 0.904. The van der Waals surface area contributed by atoms with Crippen molar-refractivity contribution in [1.29, 1.82) is 0 Å². The minimum absolute atomic E-state index is 0.172. The van der Waals surface area contributed by atoms with E-state index in [1.807, 2.05) is 4.90 Å². The molecule has 24 heavy (non-hydrogen) atoms. The third kappa shape index (κ3) is 3.14. The minimum atomic E-state index is -0.669. The maximum absolute atomic E-state index is 14.5. The lowest BCUT2D eigenvalue weighted by atomic mass is 10.2. The fraction of sp³-hybridized carbons (Fsp3) is 0.500. The van der Waals surface area contributed by atoms with E-state index in [1.54, 1.807) is 19.2 Å². The van der Waals surface area contributed by atoms with Crippen molar-refractivity contribution < 1.29 is 23.5 Å². The van der Waals surface area contributed by atoms with Crippen LogP contribution in [0.15, 0.2) is 18.2 Å². The summed E-state index contributed by atoms with van der Waals surface area (Å²) in [4.78, 5) is 28.0. The van der Waals surface area contributed by atoms with Crippen LogP contribution in [0.25, 0.3) is 0 Å². The molecule has 2 saturated heterocycles. The van der Waals surface area contributed by atoms with Crippen LogP contribution in [0.2, 0.25) is 0 Å². The van der Waals surface area contributed by atoms with Crippen molar-refractivity contribution in [2.45, 2.75) is 13.2 Å². The number of amides is 2. The molecular formula is C16H20FN3O4. The Kier molecular flexibility index (Phi) is 4.57. The van der Waals surface area contributed by atoms with Gasteiger partial charge in [-0.2, -0.15) is 0 Å². The molecule has 0 saturated carbocycles. The molecule has 3 rings (SSSR count). The predicted octanol–water partition coefficient (Wildman–Crippen LogP) is 1.42. The largest absolute Gasteiger partial charge is 0.423 e. The highest BCUT2D eigenvalue weighted by Gasteiger charge is 2.36. The van der Waals surface area contributed by atoms with Gasteiger partial charge in [-0.1, -0.05) is 0 Å². The summed E-state index contributed by atoms with van der Waals surface area (Å²) in [6.07, 6.45) is -1.26. The summed E-state index contributed by atoms with van der Waals surface area (Å²) in [6.45, 7) is 3.97. The molecule has 2 aliphatic heterocycles. The van der Waals surface area contributed by atoms with Crippen molar-refractivity contribution in [1.82, 2.24) is 4.90 Å². The predicted molar refractivity (Wildman–Crippen MR) is 85.5 cm³/mol. The van der Waals surface area contributed by atoms with Crippen LogP contribution < -0.4 is 9.80 Å². The second-order valence-electron chi connectivity index (χ2n) is 5.81. The Morgan fingerprint density at radius 1 is 1.33 bits per heavy atom. The first kappa shape index (κ1) is 16.5. The van der Waals surface area contributed by atoms with Crippen molar-refractivity contribution in [3.05, 3.63) is 24.0 Å². The number of nitrogens with zero attached hydrogens (tertiary/aromatic N) is 3. The number of cyclic esters (lactones) is 1. The average molecular weight is 337 g/mol. The molecule has 2 amide bonds. The van der Waals surface area contributed by atoms with Crippen LogP contribution in [0.3, 0.4) is 0 Å². The zero-order valence-electron chi connectivity index (χ0n) is 13.7. The molecular weight excluding hydrogens is 317 g/mol. The summed E-state index contributed by atoms with van der Waals surface area (Å²) >= 11 is 0. The highest BCUT2D eigenvalue weighted by molar-refractivity contribution is 5.90. The Labute approximate surface area is 139 Å². The third-order valence-electron chi connectivity index (χ3n) is 4.32. The number of rotatable bonds is 3. The van der Waals surface area contributed by atoms with E-state index in [0.717, 1.165) is 0 Å². The van der Waals surface area contributed by atoms with Gasteiger partial charge in [-0.05, 0) is 18.2 Å². The Bertz CT molecular complexity index is 648. The molecule has 2 aliphatic rings. The zero-order valence-corrected chi connectivity index (χ0v) is 13.7. The molecule has 8 heteroatoms. The average Bonchev–Trinajstić information content (AvgIpc) is 2.96. The monoisotopic (exact) mass is 337 g/mol. The zero-order chi connectivity index (χ0) is 17.3. The van der Waals surface area contributed by atoms with Gasteiger partial charge in [-0.15, -0.1) is 0 Å².